The highest BCUT2D eigenvalue weighted by Gasteiger charge is 2.14. The Morgan fingerprint density at radius 3 is 2.69 bits per heavy atom. The molecular weight excluding hydrogens is 308 g/mol. The smallest absolute Gasteiger partial charge is 0.194 e. The van der Waals surface area contributed by atoms with Crippen LogP contribution in [0, 0.1) is 6.92 Å². The molecule has 0 aliphatic rings. The summed E-state index contributed by atoms with van der Waals surface area (Å²) >= 11 is 10.8. The minimum Gasteiger partial charge on any atom is -0.289 e. The second-order valence-corrected chi connectivity index (χ2v) is 6.43. The lowest BCUT2D eigenvalue weighted by molar-refractivity contribution is 0.103. The van der Waals surface area contributed by atoms with Crippen LogP contribution >= 0.6 is 38.9 Å². The first-order valence-electron chi connectivity index (χ1n) is 4.64. The maximum atomic E-state index is 12.2. The first-order valence-corrected chi connectivity index (χ1v) is 6.63. The Morgan fingerprint density at radius 2 is 2.12 bits per heavy atom. The van der Waals surface area contributed by atoms with E-state index in [0.717, 1.165) is 14.2 Å². The molecule has 4 heteroatoms. The highest BCUT2D eigenvalue weighted by Crippen LogP contribution is 2.28. The van der Waals surface area contributed by atoms with E-state index in [2.05, 4.69) is 15.9 Å². The fourth-order valence-electron chi connectivity index (χ4n) is 1.46. The molecule has 0 saturated carbocycles. The first-order chi connectivity index (χ1) is 7.58. The zero-order chi connectivity index (χ0) is 11.7. The van der Waals surface area contributed by atoms with Crippen molar-refractivity contribution in [1.82, 2.24) is 0 Å². The summed E-state index contributed by atoms with van der Waals surface area (Å²) < 4.78 is 0.968. The fourth-order valence-corrected chi connectivity index (χ4v) is 3.33. The Hall–Kier alpha value is -0.640. The molecular formula is C12H8BrClOS. The molecule has 0 aliphatic heterocycles. The van der Waals surface area contributed by atoms with Crippen molar-refractivity contribution in [2.45, 2.75) is 6.92 Å². The molecule has 2 rings (SSSR count). The van der Waals surface area contributed by atoms with E-state index in [4.69, 9.17) is 11.6 Å². The van der Waals surface area contributed by atoms with Crippen molar-refractivity contribution >= 4 is 44.7 Å². The van der Waals surface area contributed by atoms with Crippen LogP contribution in [0.25, 0.3) is 0 Å². The molecule has 2 aromatic rings. The summed E-state index contributed by atoms with van der Waals surface area (Å²) in [5, 5.41) is 0.581. The summed E-state index contributed by atoms with van der Waals surface area (Å²) in [7, 11) is 0. The van der Waals surface area contributed by atoms with Gasteiger partial charge in [-0.2, -0.15) is 0 Å². The number of carbonyl (C=O) groups is 1. The van der Waals surface area contributed by atoms with E-state index in [1.807, 2.05) is 13.0 Å². The van der Waals surface area contributed by atoms with Crippen molar-refractivity contribution in [3.8, 4) is 0 Å². The summed E-state index contributed by atoms with van der Waals surface area (Å²) in [5.41, 5.74) is 1.36. The fraction of sp³-hybridized carbons (Fsp3) is 0.0833. The van der Waals surface area contributed by atoms with Crippen LogP contribution in [0.3, 0.4) is 0 Å². The van der Waals surface area contributed by atoms with Gasteiger partial charge in [-0.1, -0.05) is 23.7 Å². The van der Waals surface area contributed by atoms with E-state index in [1.165, 1.54) is 0 Å². The number of hydrogen-bond acceptors (Lipinski definition) is 2. The van der Waals surface area contributed by atoms with E-state index in [9.17, 15) is 4.79 Å². The van der Waals surface area contributed by atoms with Crippen molar-refractivity contribution in [3.05, 3.63) is 55.1 Å². The van der Waals surface area contributed by atoms with E-state index >= 15 is 0 Å². The van der Waals surface area contributed by atoms with Crippen LogP contribution in [0.4, 0.5) is 0 Å². The van der Waals surface area contributed by atoms with Gasteiger partial charge in [-0.05, 0) is 41.1 Å². The zero-order valence-electron chi connectivity index (χ0n) is 8.46. The monoisotopic (exact) mass is 314 g/mol. The van der Waals surface area contributed by atoms with E-state index in [-0.39, 0.29) is 5.78 Å². The third-order valence-electron chi connectivity index (χ3n) is 2.22. The lowest BCUT2D eigenvalue weighted by atomic mass is 10.0. The Labute approximate surface area is 111 Å². The van der Waals surface area contributed by atoms with Crippen LogP contribution in [0.5, 0.6) is 0 Å². The summed E-state index contributed by atoms with van der Waals surface area (Å²) in [6, 6.07) is 8.86. The third kappa shape index (κ3) is 2.37. The van der Waals surface area contributed by atoms with Gasteiger partial charge < -0.3 is 0 Å². The predicted molar refractivity (Wildman–Crippen MR) is 71.6 cm³/mol. The molecule has 1 aromatic heterocycles. The minimum atomic E-state index is 0.0157. The molecule has 0 bridgehead atoms. The minimum absolute atomic E-state index is 0.0157. The summed E-state index contributed by atoms with van der Waals surface area (Å²) in [6.45, 7) is 1.94. The number of ketones is 1. The molecule has 1 nitrogen and oxygen atoms in total. The van der Waals surface area contributed by atoms with Gasteiger partial charge in [-0.15, -0.1) is 11.3 Å². The third-order valence-corrected chi connectivity index (χ3v) is 4.01. The average Bonchev–Trinajstić information content (AvgIpc) is 2.57. The van der Waals surface area contributed by atoms with Crippen LogP contribution in [0.2, 0.25) is 5.02 Å². The van der Waals surface area contributed by atoms with Crippen molar-refractivity contribution < 1.29 is 4.79 Å². The molecule has 0 spiro atoms. The number of rotatable bonds is 2. The highest BCUT2D eigenvalue weighted by atomic mass is 79.9. The van der Waals surface area contributed by atoms with E-state index < -0.39 is 0 Å². The molecule has 0 fully saturated rings. The van der Waals surface area contributed by atoms with Gasteiger partial charge in [-0.25, -0.2) is 0 Å². The van der Waals surface area contributed by atoms with Crippen LogP contribution in [0.1, 0.15) is 20.8 Å². The van der Waals surface area contributed by atoms with Crippen LogP contribution < -0.4 is 0 Å². The molecule has 0 N–H and O–H groups in total. The number of thiophene rings is 1. The number of aryl methyl sites for hydroxylation is 1. The van der Waals surface area contributed by atoms with Crippen molar-refractivity contribution in [2.24, 2.45) is 0 Å². The Morgan fingerprint density at radius 1 is 1.38 bits per heavy atom. The quantitative estimate of drug-likeness (QED) is 0.734. The van der Waals surface area contributed by atoms with E-state index in [0.29, 0.717) is 10.6 Å². The number of benzene rings is 1. The van der Waals surface area contributed by atoms with Gasteiger partial charge in [0.25, 0.3) is 0 Å². The second-order valence-electron chi connectivity index (χ2n) is 3.36. The topological polar surface area (TPSA) is 17.1 Å². The highest BCUT2D eigenvalue weighted by molar-refractivity contribution is 9.11. The van der Waals surface area contributed by atoms with Gasteiger partial charge >= 0.3 is 0 Å². The first kappa shape index (κ1) is 11.8. The molecule has 1 aromatic carbocycles. The Kier molecular flexibility index (Phi) is 3.47. The van der Waals surface area contributed by atoms with Crippen molar-refractivity contribution in [2.75, 3.05) is 0 Å². The summed E-state index contributed by atoms with van der Waals surface area (Å²) in [4.78, 5) is 13.2. The maximum Gasteiger partial charge on any atom is 0.194 e. The van der Waals surface area contributed by atoms with Gasteiger partial charge in [0.2, 0.25) is 0 Å². The van der Waals surface area contributed by atoms with Crippen LogP contribution in [-0.4, -0.2) is 5.78 Å². The molecule has 0 radical (unpaired) electrons. The second kappa shape index (κ2) is 4.70. The predicted octanol–water partition coefficient (Wildman–Crippen LogP) is 4.70. The van der Waals surface area contributed by atoms with Crippen molar-refractivity contribution in [3.63, 3.8) is 0 Å². The molecule has 0 amide bonds. The number of carbonyl (C=O) groups excluding carboxylic acids is 1. The lowest BCUT2D eigenvalue weighted by Gasteiger charge is -2.00. The average molecular weight is 316 g/mol. The Balaban J connectivity index is 2.43. The summed E-state index contributed by atoms with van der Waals surface area (Å²) in [5.74, 6) is 0.0157. The Bertz CT molecular complexity index is 548. The largest absolute Gasteiger partial charge is 0.289 e. The number of halogens is 2. The van der Waals surface area contributed by atoms with Gasteiger partial charge in [0, 0.05) is 21.0 Å². The van der Waals surface area contributed by atoms with Crippen molar-refractivity contribution in [1.29, 1.82) is 0 Å². The standard InChI is InChI=1S/C12H8BrClOS/c1-7-10(6-11(13)16-7)12(15)8-3-2-4-9(14)5-8/h2-6H,1H3. The normalized spacial score (nSPS) is 10.4. The SMILES string of the molecule is Cc1sc(Br)cc1C(=O)c1cccc(Cl)c1. The maximum absolute atomic E-state index is 12.2. The molecule has 82 valence electrons. The molecule has 0 saturated heterocycles. The zero-order valence-corrected chi connectivity index (χ0v) is 11.6. The van der Waals surface area contributed by atoms with Crippen LogP contribution in [-0.2, 0) is 0 Å². The number of hydrogen-bond donors (Lipinski definition) is 0. The van der Waals surface area contributed by atoms with E-state index in [1.54, 1.807) is 35.6 Å². The molecule has 0 aliphatic carbocycles. The summed E-state index contributed by atoms with van der Waals surface area (Å²) in [6.07, 6.45) is 0. The van der Waals surface area contributed by atoms with Gasteiger partial charge in [0.05, 0.1) is 3.79 Å². The molecule has 0 unspecified atom stereocenters. The van der Waals surface area contributed by atoms with Gasteiger partial charge in [0.1, 0.15) is 0 Å². The lowest BCUT2D eigenvalue weighted by Crippen LogP contribution is -2.00. The van der Waals surface area contributed by atoms with Gasteiger partial charge in [-0.3, -0.25) is 4.79 Å². The van der Waals surface area contributed by atoms with Gasteiger partial charge in [0.15, 0.2) is 5.78 Å². The van der Waals surface area contributed by atoms with Crippen LogP contribution in [0.15, 0.2) is 34.1 Å². The molecule has 1 heterocycles. The molecule has 16 heavy (non-hydrogen) atoms. The molecule has 0 atom stereocenters.